The van der Waals surface area contributed by atoms with Crippen LogP contribution in [0.2, 0.25) is 0 Å². The van der Waals surface area contributed by atoms with E-state index in [1.54, 1.807) is 0 Å². The minimum Gasteiger partial charge on any atom is -0.398 e. The van der Waals surface area contributed by atoms with Crippen LogP contribution in [0, 0.1) is 6.92 Å². The first-order chi connectivity index (χ1) is 9.49. The van der Waals surface area contributed by atoms with Gasteiger partial charge in [-0.05, 0) is 44.4 Å². The first-order valence-corrected chi connectivity index (χ1v) is 7.07. The van der Waals surface area contributed by atoms with E-state index in [1.807, 2.05) is 32.0 Å². The molecule has 1 fully saturated rings. The van der Waals surface area contributed by atoms with Crippen LogP contribution in [-0.2, 0) is 4.79 Å². The van der Waals surface area contributed by atoms with E-state index in [0.29, 0.717) is 5.69 Å². The van der Waals surface area contributed by atoms with Crippen LogP contribution in [0.25, 0.3) is 0 Å². The van der Waals surface area contributed by atoms with Gasteiger partial charge in [-0.3, -0.25) is 9.69 Å². The first-order valence-electron chi connectivity index (χ1n) is 7.07. The maximum atomic E-state index is 12.3. The van der Waals surface area contributed by atoms with Crippen molar-refractivity contribution in [3.63, 3.8) is 0 Å². The Labute approximate surface area is 119 Å². The first kappa shape index (κ1) is 14.8. The van der Waals surface area contributed by atoms with Crippen molar-refractivity contribution in [1.82, 2.24) is 4.90 Å². The average Bonchev–Trinajstić information content (AvgIpc) is 2.44. The number of carbonyl (C=O) groups excluding carboxylic acids is 1. The number of aliphatic hydroxyl groups is 1. The van der Waals surface area contributed by atoms with Crippen molar-refractivity contribution >= 4 is 17.3 Å². The van der Waals surface area contributed by atoms with Gasteiger partial charge >= 0.3 is 0 Å². The molecule has 1 unspecified atom stereocenters. The molecule has 0 saturated carbocycles. The smallest absolute Gasteiger partial charge is 0.241 e. The Balaban J connectivity index is 1.99. The summed E-state index contributed by atoms with van der Waals surface area (Å²) in [7, 11) is 0. The molecule has 1 aromatic carbocycles. The minimum atomic E-state index is -0.224. The molecule has 1 aliphatic heterocycles. The van der Waals surface area contributed by atoms with Crippen LogP contribution in [0.15, 0.2) is 18.2 Å². The Bertz CT molecular complexity index is 482. The van der Waals surface area contributed by atoms with E-state index in [4.69, 9.17) is 5.73 Å². The highest BCUT2D eigenvalue weighted by Gasteiger charge is 2.25. The summed E-state index contributed by atoms with van der Waals surface area (Å²) in [6, 6.07) is 5.31. The predicted molar refractivity (Wildman–Crippen MR) is 80.5 cm³/mol. The second-order valence-electron chi connectivity index (χ2n) is 5.45. The lowest BCUT2D eigenvalue weighted by Gasteiger charge is -2.33. The molecule has 1 heterocycles. The minimum absolute atomic E-state index is 0.0323. The summed E-state index contributed by atoms with van der Waals surface area (Å²) in [6.45, 7) is 5.30. The van der Waals surface area contributed by atoms with Crippen molar-refractivity contribution in [3.8, 4) is 0 Å². The highest BCUT2D eigenvalue weighted by atomic mass is 16.3. The van der Waals surface area contributed by atoms with Crippen LogP contribution < -0.4 is 11.1 Å². The molecule has 0 radical (unpaired) electrons. The molecule has 0 aromatic heterocycles. The van der Waals surface area contributed by atoms with E-state index >= 15 is 0 Å². The molecule has 1 saturated heterocycles. The van der Waals surface area contributed by atoms with Crippen LogP contribution >= 0.6 is 0 Å². The predicted octanol–water partition coefficient (Wildman–Crippen LogP) is 1.36. The number of hydrogen-bond acceptors (Lipinski definition) is 4. The summed E-state index contributed by atoms with van der Waals surface area (Å²) >= 11 is 0. The fourth-order valence-electron chi connectivity index (χ4n) is 2.47. The number of hydrogen-bond donors (Lipinski definition) is 3. The zero-order chi connectivity index (χ0) is 14.7. The van der Waals surface area contributed by atoms with Crippen molar-refractivity contribution in [3.05, 3.63) is 23.8 Å². The number of benzene rings is 1. The standard InChI is InChI=1S/C15H23N3O2/c1-10-13(16)4-3-5-14(10)17-15(20)11(2)18-8-6-12(19)7-9-18/h3-5,11-12,19H,6-9,16H2,1-2H3,(H,17,20). The van der Waals surface area contributed by atoms with E-state index in [-0.39, 0.29) is 18.1 Å². The van der Waals surface area contributed by atoms with Crippen LogP contribution in [0.1, 0.15) is 25.3 Å². The highest BCUT2D eigenvalue weighted by Crippen LogP contribution is 2.21. The van der Waals surface area contributed by atoms with Gasteiger partial charge < -0.3 is 16.2 Å². The van der Waals surface area contributed by atoms with E-state index < -0.39 is 0 Å². The number of aliphatic hydroxyl groups excluding tert-OH is 1. The molecule has 0 bridgehead atoms. The van der Waals surface area contributed by atoms with Crippen LogP contribution in [0.3, 0.4) is 0 Å². The monoisotopic (exact) mass is 277 g/mol. The van der Waals surface area contributed by atoms with Gasteiger partial charge in [0.25, 0.3) is 0 Å². The van der Waals surface area contributed by atoms with Crippen LogP contribution in [-0.4, -0.2) is 41.1 Å². The van der Waals surface area contributed by atoms with Gasteiger partial charge in [-0.1, -0.05) is 6.07 Å². The number of nitrogens with zero attached hydrogens (tertiary/aromatic N) is 1. The molecule has 5 heteroatoms. The third kappa shape index (κ3) is 3.29. The third-order valence-electron chi connectivity index (χ3n) is 4.06. The molecule has 1 aromatic rings. The summed E-state index contributed by atoms with van der Waals surface area (Å²) in [5.41, 5.74) is 8.17. The average molecular weight is 277 g/mol. The lowest BCUT2D eigenvalue weighted by Crippen LogP contribution is -2.47. The third-order valence-corrected chi connectivity index (χ3v) is 4.06. The summed E-state index contributed by atoms with van der Waals surface area (Å²) in [4.78, 5) is 14.4. The van der Waals surface area contributed by atoms with E-state index in [9.17, 15) is 9.90 Å². The number of likely N-dealkylation sites (tertiary alicyclic amines) is 1. The molecule has 1 atom stereocenters. The SMILES string of the molecule is Cc1c(N)cccc1NC(=O)C(C)N1CCC(O)CC1. The lowest BCUT2D eigenvalue weighted by molar-refractivity contribution is -0.121. The fourth-order valence-corrected chi connectivity index (χ4v) is 2.47. The van der Waals surface area contributed by atoms with Crippen molar-refractivity contribution in [2.24, 2.45) is 0 Å². The largest absolute Gasteiger partial charge is 0.398 e. The number of piperidine rings is 1. The number of carbonyl (C=O) groups is 1. The summed E-state index contributed by atoms with van der Waals surface area (Å²) < 4.78 is 0. The Morgan fingerprint density at radius 2 is 2.10 bits per heavy atom. The molecule has 0 aliphatic carbocycles. The van der Waals surface area contributed by atoms with Crippen molar-refractivity contribution in [1.29, 1.82) is 0 Å². The van der Waals surface area contributed by atoms with Gasteiger partial charge in [0.2, 0.25) is 5.91 Å². The Morgan fingerprint density at radius 3 is 2.75 bits per heavy atom. The Hall–Kier alpha value is -1.59. The van der Waals surface area contributed by atoms with Gasteiger partial charge in [0.1, 0.15) is 0 Å². The zero-order valence-electron chi connectivity index (χ0n) is 12.1. The van der Waals surface area contributed by atoms with E-state index in [2.05, 4.69) is 10.2 Å². The van der Waals surface area contributed by atoms with Crippen LogP contribution in [0.4, 0.5) is 11.4 Å². The molecule has 5 nitrogen and oxygen atoms in total. The maximum Gasteiger partial charge on any atom is 0.241 e. The van der Waals surface area contributed by atoms with Gasteiger partial charge in [-0.15, -0.1) is 0 Å². The highest BCUT2D eigenvalue weighted by molar-refractivity contribution is 5.95. The molecule has 1 aliphatic rings. The summed E-state index contributed by atoms with van der Waals surface area (Å²) in [5.74, 6) is -0.0323. The van der Waals surface area contributed by atoms with Gasteiger partial charge in [0.05, 0.1) is 12.1 Å². The van der Waals surface area contributed by atoms with Crippen molar-refractivity contribution in [2.75, 3.05) is 24.1 Å². The number of nitrogens with one attached hydrogen (secondary N) is 1. The summed E-state index contributed by atoms with van der Waals surface area (Å²) in [6.07, 6.45) is 1.24. The van der Waals surface area contributed by atoms with Gasteiger partial charge in [0.15, 0.2) is 0 Å². The second kappa shape index (κ2) is 6.24. The molecule has 4 N–H and O–H groups in total. The van der Waals surface area contributed by atoms with Gasteiger partial charge in [-0.2, -0.15) is 0 Å². The number of nitrogen functional groups attached to an aromatic ring is 1. The molecular weight excluding hydrogens is 254 g/mol. The van der Waals surface area contributed by atoms with E-state index in [1.165, 1.54) is 0 Å². The summed E-state index contributed by atoms with van der Waals surface area (Å²) in [5, 5.41) is 12.4. The molecule has 110 valence electrons. The molecular formula is C15H23N3O2. The normalized spacial score (nSPS) is 18.8. The fraction of sp³-hybridized carbons (Fsp3) is 0.533. The Morgan fingerprint density at radius 1 is 1.45 bits per heavy atom. The maximum absolute atomic E-state index is 12.3. The molecule has 20 heavy (non-hydrogen) atoms. The van der Waals surface area contributed by atoms with Gasteiger partial charge in [-0.25, -0.2) is 0 Å². The topological polar surface area (TPSA) is 78.6 Å². The molecule has 1 amide bonds. The van der Waals surface area contributed by atoms with E-state index in [0.717, 1.165) is 37.2 Å². The molecule has 2 rings (SSSR count). The quantitative estimate of drug-likeness (QED) is 0.729. The number of amides is 1. The lowest BCUT2D eigenvalue weighted by atomic mass is 10.1. The van der Waals surface area contributed by atoms with Crippen molar-refractivity contribution in [2.45, 2.75) is 38.8 Å². The van der Waals surface area contributed by atoms with Crippen LogP contribution in [0.5, 0.6) is 0 Å². The number of anilines is 2. The zero-order valence-corrected chi connectivity index (χ0v) is 12.1. The second-order valence-corrected chi connectivity index (χ2v) is 5.45. The Kier molecular flexibility index (Phi) is 4.62. The number of nitrogens with two attached hydrogens (primary N) is 1. The van der Waals surface area contributed by atoms with Crippen molar-refractivity contribution < 1.29 is 9.90 Å². The molecule has 0 spiro atoms. The number of rotatable bonds is 3. The van der Waals surface area contributed by atoms with Gasteiger partial charge in [0, 0.05) is 24.5 Å².